The minimum atomic E-state index is -0.399. The van der Waals surface area contributed by atoms with Crippen molar-refractivity contribution in [3.05, 3.63) is 72.3 Å². The Kier molecular flexibility index (Phi) is 3.56. The Morgan fingerprint density at radius 3 is 2.43 bits per heavy atom. The maximum absolute atomic E-state index is 12.1. The first-order chi connectivity index (χ1) is 10.3. The number of hydrogen-bond donors (Lipinski definition) is 0. The van der Waals surface area contributed by atoms with Gasteiger partial charge in [-0.3, -0.25) is 0 Å². The maximum atomic E-state index is 12.1. The molecule has 0 radical (unpaired) electrons. The summed E-state index contributed by atoms with van der Waals surface area (Å²) in [6, 6.07) is 20.4. The molecule has 0 aliphatic rings. The molecule has 0 saturated heterocycles. The van der Waals surface area contributed by atoms with Gasteiger partial charge in [-0.25, -0.2) is 4.79 Å². The van der Waals surface area contributed by atoms with Crippen LogP contribution in [-0.4, -0.2) is 13.1 Å². The van der Waals surface area contributed by atoms with Gasteiger partial charge in [-0.05, 0) is 41.1 Å². The van der Waals surface area contributed by atoms with E-state index in [1.54, 1.807) is 37.4 Å². The lowest BCUT2D eigenvalue weighted by Gasteiger charge is -2.07. The van der Waals surface area contributed by atoms with Gasteiger partial charge in [-0.2, -0.15) is 0 Å². The third kappa shape index (κ3) is 2.87. The van der Waals surface area contributed by atoms with E-state index in [0.29, 0.717) is 17.1 Å². The molecule has 0 fully saturated rings. The summed E-state index contributed by atoms with van der Waals surface area (Å²) in [4.78, 5) is 12.1. The zero-order valence-electron chi connectivity index (χ0n) is 11.6. The second kappa shape index (κ2) is 5.67. The summed E-state index contributed by atoms with van der Waals surface area (Å²) in [6.07, 6.45) is 0. The number of ether oxygens (including phenoxy) is 2. The number of methoxy groups -OCH3 is 1. The van der Waals surface area contributed by atoms with Crippen molar-refractivity contribution >= 4 is 16.7 Å². The molecule has 21 heavy (non-hydrogen) atoms. The van der Waals surface area contributed by atoms with Crippen LogP contribution in [0, 0.1) is 0 Å². The number of fused-ring (bicyclic) bond motifs is 1. The highest BCUT2D eigenvalue weighted by Gasteiger charge is 2.09. The minimum Gasteiger partial charge on any atom is -0.497 e. The topological polar surface area (TPSA) is 35.5 Å². The van der Waals surface area contributed by atoms with Gasteiger partial charge in [0.2, 0.25) is 0 Å². The van der Waals surface area contributed by atoms with Crippen molar-refractivity contribution in [1.29, 1.82) is 0 Å². The van der Waals surface area contributed by atoms with E-state index in [4.69, 9.17) is 9.47 Å². The molecule has 0 amide bonds. The molecule has 0 N–H and O–H groups in total. The van der Waals surface area contributed by atoms with Crippen LogP contribution >= 0.6 is 0 Å². The van der Waals surface area contributed by atoms with E-state index in [2.05, 4.69) is 0 Å². The normalized spacial score (nSPS) is 10.3. The summed E-state index contributed by atoms with van der Waals surface area (Å²) in [7, 11) is 1.56. The van der Waals surface area contributed by atoms with Gasteiger partial charge in [-0.15, -0.1) is 0 Å². The molecule has 0 bridgehead atoms. The first-order valence-electron chi connectivity index (χ1n) is 6.61. The van der Waals surface area contributed by atoms with Gasteiger partial charge in [0.1, 0.15) is 11.5 Å². The summed E-state index contributed by atoms with van der Waals surface area (Å²) in [5.74, 6) is 0.758. The molecule has 0 aliphatic heterocycles. The molecule has 0 aromatic heterocycles. The van der Waals surface area contributed by atoms with Crippen LogP contribution in [0.1, 0.15) is 10.4 Å². The van der Waals surface area contributed by atoms with Crippen molar-refractivity contribution in [1.82, 2.24) is 0 Å². The van der Waals surface area contributed by atoms with Crippen LogP contribution < -0.4 is 9.47 Å². The predicted octanol–water partition coefficient (Wildman–Crippen LogP) is 4.07. The van der Waals surface area contributed by atoms with E-state index in [0.717, 1.165) is 10.8 Å². The van der Waals surface area contributed by atoms with Crippen molar-refractivity contribution in [2.24, 2.45) is 0 Å². The predicted molar refractivity (Wildman–Crippen MR) is 81.9 cm³/mol. The second-order valence-electron chi connectivity index (χ2n) is 4.63. The Morgan fingerprint density at radius 2 is 1.62 bits per heavy atom. The van der Waals surface area contributed by atoms with Crippen molar-refractivity contribution in [2.75, 3.05) is 7.11 Å². The summed E-state index contributed by atoms with van der Waals surface area (Å²) in [5.41, 5.74) is 0.461. The molecule has 0 atom stereocenters. The van der Waals surface area contributed by atoms with Gasteiger partial charge < -0.3 is 9.47 Å². The highest BCUT2D eigenvalue weighted by Crippen LogP contribution is 2.22. The van der Waals surface area contributed by atoms with Crippen LogP contribution in [0.4, 0.5) is 0 Å². The Labute approximate surface area is 122 Å². The van der Waals surface area contributed by atoms with Crippen molar-refractivity contribution in [3.8, 4) is 11.5 Å². The first-order valence-corrected chi connectivity index (χ1v) is 6.61. The molecule has 0 spiro atoms. The number of carbonyl (C=O) groups excluding carboxylic acids is 1. The monoisotopic (exact) mass is 278 g/mol. The summed E-state index contributed by atoms with van der Waals surface area (Å²) < 4.78 is 10.5. The van der Waals surface area contributed by atoms with Crippen molar-refractivity contribution < 1.29 is 14.3 Å². The van der Waals surface area contributed by atoms with Gasteiger partial charge in [0, 0.05) is 0 Å². The van der Waals surface area contributed by atoms with Crippen molar-refractivity contribution in [3.63, 3.8) is 0 Å². The van der Waals surface area contributed by atoms with Crippen LogP contribution in [0.2, 0.25) is 0 Å². The molecule has 3 aromatic carbocycles. The van der Waals surface area contributed by atoms with E-state index in [-0.39, 0.29) is 0 Å². The van der Waals surface area contributed by atoms with Gasteiger partial charge in [-0.1, -0.05) is 36.4 Å². The SMILES string of the molecule is COc1cccc(C(=O)Oc2ccc3ccccc3c2)c1. The lowest BCUT2D eigenvalue weighted by molar-refractivity contribution is 0.0734. The van der Waals surface area contributed by atoms with E-state index in [1.807, 2.05) is 36.4 Å². The van der Waals surface area contributed by atoms with Gasteiger partial charge >= 0.3 is 5.97 Å². The molecule has 0 unspecified atom stereocenters. The molecular formula is C18H14O3. The molecule has 104 valence electrons. The lowest BCUT2D eigenvalue weighted by atomic mass is 10.1. The number of hydrogen-bond acceptors (Lipinski definition) is 3. The highest BCUT2D eigenvalue weighted by molar-refractivity contribution is 5.92. The minimum absolute atomic E-state index is 0.399. The quantitative estimate of drug-likeness (QED) is 0.535. The standard InChI is InChI=1S/C18H14O3/c1-20-16-8-4-7-15(12-16)18(19)21-17-10-9-13-5-2-3-6-14(13)11-17/h2-12H,1H3. The van der Waals surface area contributed by atoms with Crippen LogP contribution in [0.15, 0.2) is 66.7 Å². The third-order valence-corrected chi connectivity index (χ3v) is 3.24. The Bertz CT molecular complexity index is 793. The molecule has 3 heteroatoms. The zero-order valence-corrected chi connectivity index (χ0v) is 11.6. The van der Waals surface area contributed by atoms with Gasteiger partial charge in [0.05, 0.1) is 12.7 Å². The molecule has 3 nitrogen and oxygen atoms in total. The molecule has 0 heterocycles. The third-order valence-electron chi connectivity index (χ3n) is 3.24. The number of rotatable bonds is 3. The van der Waals surface area contributed by atoms with Gasteiger partial charge in [0.15, 0.2) is 0 Å². The fraction of sp³-hybridized carbons (Fsp3) is 0.0556. The molecule has 0 aliphatic carbocycles. The number of carbonyl (C=O) groups is 1. The summed E-state index contributed by atoms with van der Waals surface area (Å²) >= 11 is 0. The van der Waals surface area contributed by atoms with Gasteiger partial charge in [0.25, 0.3) is 0 Å². The van der Waals surface area contributed by atoms with E-state index < -0.39 is 5.97 Å². The van der Waals surface area contributed by atoms with E-state index >= 15 is 0 Å². The Balaban J connectivity index is 1.85. The Hall–Kier alpha value is -2.81. The van der Waals surface area contributed by atoms with E-state index in [9.17, 15) is 4.79 Å². The largest absolute Gasteiger partial charge is 0.497 e. The van der Waals surface area contributed by atoms with Crippen LogP contribution in [-0.2, 0) is 0 Å². The molecule has 0 saturated carbocycles. The summed E-state index contributed by atoms with van der Waals surface area (Å²) in [6.45, 7) is 0. The Morgan fingerprint density at radius 1 is 0.810 bits per heavy atom. The van der Waals surface area contributed by atoms with Crippen molar-refractivity contribution in [2.45, 2.75) is 0 Å². The number of benzene rings is 3. The van der Waals surface area contributed by atoms with Crippen LogP contribution in [0.25, 0.3) is 10.8 Å². The first kappa shape index (κ1) is 13.2. The number of esters is 1. The summed E-state index contributed by atoms with van der Waals surface area (Å²) in [5, 5.41) is 2.15. The van der Waals surface area contributed by atoms with E-state index in [1.165, 1.54) is 0 Å². The van der Waals surface area contributed by atoms with Crippen LogP contribution in [0.5, 0.6) is 11.5 Å². The average Bonchev–Trinajstić information content (AvgIpc) is 2.54. The highest BCUT2D eigenvalue weighted by atomic mass is 16.5. The molecular weight excluding hydrogens is 264 g/mol. The second-order valence-corrected chi connectivity index (χ2v) is 4.63. The maximum Gasteiger partial charge on any atom is 0.343 e. The lowest BCUT2D eigenvalue weighted by Crippen LogP contribution is -2.08. The van der Waals surface area contributed by atoms with Crippen LogP contribution in [0.3, 0.4) is 0 Å². The molecule has 3 rings (SSSR count). The fourth-order valence-electron chi connectivity index (χ4n) is 2.15. The molecule has 3 aromatic rings. The zero-order chi connectivity index (χ0) is 14.7. The fourth-order valence-corrected chi connectivity index (χ4v) is 2.15. The smallest absolute Gasteiger partial charge is 0.343 e. The average molecular weight is 278 g/mol.